The highest BCUT2D eigenvalue weighted by Gasteiger charge is 2.21. The third-order valence-corrected chi connectivity index (χ3v) is 4.15. The molecule has 3 heterocycles. The second-order valence-corrected chi connectivity index (χ2v) is 5.92. The highest BCUT2D eigenvalue weighted by Crippen LogP contribution is 2.26. The van der Waals surface area contributed by atoms with Crippen LogP contribution in [-0.4, -0.2) is 39.4 Å². The van der Waals surface area contributed by atoms with Crippen molar-refractivity contribution in [2.24, 2.45) is 5.92 Å². The minimum atomic E-state index is 0.301. The first-order chi connectivity index (χ1) is 9.69. The lowest BCUT2D eigenvalue weighted by Gasteiger charge is -2.32. The topological polar surface area (TPSA) is 53.7 Å². The number of fused-ring (bicyclic) bond motifs is 1. The summed E-state index contributed by atoms with van der Waals surface area (Å²) < 4.78 is 1.93. The van der Waals surface area contributed by atoms with Gasteiger partial charge in [-0.1, -0.05) is 13.8 Å². The van der Waals surface area contributed by atoms with Crippen LogP contribution in [0.25, 0.3) is 5.52 Å². The zero-order valence-corrected chi connectivity index (χ0v) is 12.2. The number of aromatic nitrogens is 3. The van der Waals surface area contributed by atoms with Gasteiger partial charge in [0.2, 0.25) is 0 Å². The van der Waals surface area contributed by atoms with Gasteiger partial charge in [-0.05, 0) is 30.7 Å². The van der Waals surface area contributed by atoms with Crippen LogP contribution in [0.4, 0.5) is 5.82 Å². The third kappa shape index (κ3) is 2.38. The molecule has 0 aliphatic carbocycles. The predicted octanol–water partition coefficient (Wildman–Crippen LogP) is 2.06. The fourth-order valence-electron chi connectivity index (χ4n) is 2.78. The molecule has 5 heteroatoms. The summed E-state index contributed by atoms with van der Waals surface area (Å²) >= 11 is 0. The van der Waals surface area contributed by atoms with Crippen molar-refractivity contribution in [1.29, 1.82) is 0 Å². The first-order valence-electron chi connectivity index (χ1n) is 7.39. The van der Waals surface area contributed by atoms with Gasteiger partial charge in [0.25, 0.3) is 0 Å². The molecule has 1 N–H and O–H groups in total. The second-order valence-electron chi connectivity index (χ2n) is 5.92. The maximum Gasteiger partial charge on any atom is 0.154 e. The van der Waals surface area contributed by atoms with Crippen LogP contribution >= 0.6 is 0 Å². The van der Waals surface area contributed by atoms with Gasteiger partial charge in [0, 0.05) is 32.1 Å². The van der Waals surface area contributed by atoms with Crippen molar-refractivity contribution in [3.63, 3.8) is 0 Å². The molecule has 1 fully saturated rings. The zero-order chi connectivity index (χ0) is 14.1. The van der Waals surface area contributed by atoms with Gasteiger partial charge in [0.05, 0.1) is 5.69 Å². The lowest BCUT2D eigenvalue weighted by Crippen LogP contribution is -2.35. The van der Waals surface area contributed by atoms with E-state index in [-0.39, 0.29) is 0 Å². The minimum absolute atomic E-state index is 0.301. The summed E-state index contributed by atoms with van der Waals surface area (Å²) in [6, 6.07) is 2.14. The van der Waals surface area contributed by atoms with E-state index in [4.69, 9.17) is 0 Å². The van der Waals surface area contributed by atoms with Crippen LogP contribution in [0, 0.1) is 5.92 Å². The Kier molecular flexibility index (Phi) is 3.61. The van der Waals surface area contributed by atoms with Gasteiger partial charge in [0.15, 0.2) is 5.82 Å². The minimum Gasteiger partial charge on any atom is -0.396 e. The Hall–Kier alpha value is -1.62. The van der Waals surface area contributed by atoms with E-state index in [0.717, 1.165) is 43.0 Å². The molecule has 0 saturated carbocycles. The van der Waals surface area contributed by atoms with Crippen LogP contribution in [0.3, 0.4) is 0 Å². The van der Waals surface area contributed by atoms with E-state index in [9.17, 15) is 5.11 Å². The van der Waals surface area contributed by atoms with E-state index >= 15 is 0 Å². The lowest BCUT2D eigenvalue weighted by atomic mass is 9.98. The molecule has 0 aromatic carbocycles. The first-order valence-corrected chi connectivity index (χ1v) is 7.39. The smallest absolute Gasteiger partial charge is 0.154 e. The summed E-state index contributed by atoms with van der Waals surface area (Å²) in [6.45, 7) is 6.53. The Morgan fingerprint density at radius 2 is 2.10 bits per heavy atom. The fraction of sp³-hybridized carbons (Fsp3) is 0.600. The van der Waals surface area contributed by atoms with E-state index < -0.39 is 0 Å². The number of hydrogen-bond donors (Lipinski definition) is 1. The number of aliphatic hydroxyl groups is 1. The van der Waals surface area contributed by atoms with Crippen molar-refractivity contribution in [2.45, 2.75) is 32.6 Å². The van der Waals surface area contributed by atoms with E-state index in [0.29, 0.717) is 18.4 Å². The quantitative estimate of drug-likeness (QED) is 0.931. The number of rotatable bonds is 3. The molecule has 2 aromatic heterocycles. The first kappa shape index (κ1) is 13.4. The molecular weight excluding hydrogens is 252 g/mol. The van der Waals surface area contributed by atoms with Gasteiger partial charge in [0.1, 0.15) is 5.52 Å². The van der Waals surface area contributed by atoms with Crippen molar-refractivity contribution in [1.82, 2.24) is 14.6 Å². The molecule has 20 heavy (non-hydrogen) atoms. The molecule has 1 aliphatic heterocycles. The largest absolute Gasteiger partial charge is 0.396 e. The van der Waals surface area contributed by atoms with E-state index in [1.165, 1.54) is 0 Å². The van der Waals surface area contributed by atoms with Crippen molar-refractivity contribution >= 4 is 11.3 Å². The van der Waals surface area contributed by atoms with Crippen LogP contribution < -0.4 is 4.90 Å². The molecule has 1 saturated heterocycles. The number of nitrogens with zero attached hydrogens (tertiary/aromatic N) is 4. The van der Waals surface area contributed by atoms with Crippen LogP contribution in [0.1, 0.15) is 38.3 Å². The van der Waals surface area contributed by atoms with Crippen LogP contribution in [0.5, 0.6) is 0 Å². The van der Waals surface area contributed by atoms with E-state index in [1.54, 1.807) is 0 Å². The highest BCUT2D eigenvalue weighted by atomic mass is 16.3. The molecule has 0 atom stereocenters. The summed E-state index contributed by atoms with van der Waals surface area (Å²) in [5.41, 5.74) is 2.18. The summed E-state index contributed by atoms with van der Waals surface area (Å²) in [6.07, 6.45) is 5.79. The number of anilines is 1. The average Bonchev–Trinajstić information content (AvgIpc) is 2.91. The van der Waals surface area contributed by atoms with Gasteiger partial charge < -0.3 is 10.0 Å². The molecule has 1 aliphatic rings. The number of hydrogen-bond acceptors (Lipinski definition) is 4. The molecule has 2 aromatic rings. The third-order valence-electron chi connectivity index (χ3n) is 4.15. The molecular formula is C15H22N4O. The molecule has 0 radical (unpaired) electrons. The Morgan fingerprint density at radius 1 is 1.35 bits per heavy atom. The summed E-state index contributed by atoms with van der Waals surface area (Å²) in [5.74, 6) is 1.88. The van der Waals surface area contributed by atoms with Crippen molar-refractivity contribution in [3.05, 3.63) is 24.2 Å². The normalized spacial score (nSPS) is 17.3. The van der Waals surface area contributed by atoms with Crippen LogP contribution in [-0.2, 0) is 0 Å². The summed E-state index contributed by atoms with van der Waals surface area (Å²) in [4.78, 5) is 6.87. The van der Waals surface area contributed by atoms with E-state index in [2.05, 4.69) is 34.9 Å². The maximum absolute atomic E-state index is 9.24. The summed E-state index contributed by atoms with van der Waals surface area (Å²) in [7, 11) is 0. The Labute approximate surface area is 119 Å². The Morgan fingerprint density at radius 3 is 2.75 bits per heavy atom. The average molecular weight is 274 g/mol. The molecule has 0 bridgehead atoms. The molecule has 3 rings (SSSR count). The zero-order valence-electron chi connectivity index (χ0n) is 12.2. The Balaban J connectivity index is 1.91. The highest BCUT2D eigenvalue weighted by molar-refractivity contribution is 5.69. The lowest BCUT2D eigenvalue weighted by molar-refractivity contribution is 0.203. The van der Waals surface area contributed by atoms with Crippen molar-refractivity contribution < 1.29 is 5.11 Å². The van der Waals surface area contributed by atoms with Crippen molar-refractivity contribution in [3.8, 4) is 0 Å². The van der Waals surface area contributed by atoms with Gasteiger partial charge in [-0.25, -0.2) is 9.50 Å². The van der Waals surface area contributed by atoms with Gasteiger partial charge in [-0.15, -0.1) is 0 Å². The van der Waals surface area contributed by atoms with Gasteiger partial charge in [-0.2, -0.15) is 5.10 Å². The molecule has 0 amide bonds. The molecule has 0 spiro atoms. The van der Waals surface area contributed by atoms with Gasteiger partial charge >= 0.3 is 0 Å². The second kappa shape index (κ2) is 5.40. The molecule has 108 valence electrons. The Bertz CT molecular complexity index is 585. The SMILES string of the molecule is CC(C)c1cc2c(N3CCC(CO)CC3)nccn2n1. The maximum atomic E-state index is 9.24. The predicted molar refractivity (Wildman–Crippen MR) is 79.1 cm³/mol. The molecule has 5 nitrogen and oxygen atoms in total. The van der Waals surface area contributed by atoms with Gasteiger partial charge in [-0.3, -0.25) is 0 Å². The fourth-order valence-corrected chi connectivity index (χ4v) is 2.78. The number of piperidine rings is 1. The summed E-state index contributed by atoms with van der Waals surface area (Å²) in [5, 5.41) is 13.8. The van der Waals surface area contributed by atoms with Crippen LogP contribution in [0.15, 0.2) is 18.5 Å². The number of aliphatic hydroxyl groups excluding tert-OH is 1. The standard InChI is InChI=1S/C15H22N4O/c1-11(2)13-9-14-15(16-5-8-19(14)17-13)18-6-3-12(10-20)4-7-18/h5,8-9,11-12,20H,3-4,6-7,10H2,1-2H3. The van der Waals surface area contributed by atoms with E-state index in [1.807, 2.05) is 16.9 Å². The monoisotopic (exact) mass is 274 g/mol. The van der Waals surface area contributed by atoms with Crippen LogP contribution in [0.2, 0.25) is 0 Å². The van der Waals surface area contributed by atoms with Crippen molar-refractivity contribution in [2.75, 3.05) is 24.6 Å². The molecule has 0 unspecified atom stereocenters.